The van der Waals surface area contributed by atoms with Crippen molar-refractivity contribution in [2.24, 2.45) is 10.8 Å². The molecule has 18 heavy (non-hydrogen) atoms. The molecule has 0 bridgehead atoms. The normalized spacial score (nSPS) is 12.3. The second kappa shape index (κ2) is 5.55. The van der Waals surface area contributed by atoms with Crippen LogP contribution in [0.2, 0.25) is 0 Å². The molecule has 0 aliphatic heterocycles. The average molecular weight is 250 g/mol. The van der Waals surface area contributed by atoms with Gasteiger partial charge >= 0.3 is 0 Å². The molecular weight excluding hydrogens is 224 g/mol. The number of hydrogen-bond donors (Lipinski definition) is 2. The minimum atomic E-state index is 0.191. The van der Waals surface area contributed by atoms with Gasteiger partial charge in [0, 0.05) is 19.2 Å². The summed E-state index contributed by atoms with van der Waals surface area (Å²) in [5.74, 6) is 1.74. The second-order valence-corrected chi connectivity index (χ2v) is 6.31. The van der Waals surface area contributed by atoms with Crippen molar-refractivity contribution in [3.8, 4) is 0 Å². The highest BCUT2D eigenvalue weighted by Crippen LogP contribution is 2.37. The van der Waals surface area contributed by atoms with Crippen molar-refractivity contribution in [2.45, 2.75) is 41.5 Å². The van der Waals surface area contributed by atoms with Gasteiger partial charge in [-0.1, -0.05) is 34.6 Å². The molecule has 4 nitrogen and oxygen atoms in total. The number of nitrogens with one attached hydrogen (secondary N) is 2. The SMILES string of the molecule is CCNc1cc(NCC(C)(C)C(C)(C)C)ncn1. The minimum Gasteiger partial charge on any atom is -0.370 e. The standard InChI is InChI=1S/C14H26N4/c1-7-15-11-8-12(18-10-17-11)16-9-14(5,6)13(2,3)4/h8,10H,7,9H2,1-6H3,(H2,15,16,17,18). The van der Waals surface area contributed by atoms with E-state index < -0.39 is 0 Å². The van der Waals surface area contributed by atoms with E-state index in [1.165, 1.54) is 0 Å². The molecule has 102 valence electrons. The van der Waals surface area contributed by atoms with E-state index in [0.29, 0.717) is 0 Å². The van der Waals surface area contributed by atoms with Gasteiger partial charge in [0.25, 0.3) is 0 Å². The van der Waals surface area contributed by atoms with E-state index >= 15 is 0 Å². The smallest absolute Gasteiger partial charge is 0.131 e. The molecule has 0 aliphatic rings. The summed E-state index contributed by atoms with van der Waals surface area (Å²) in [4.78, 5) is 8.40. The van der Waals surface area contributed by atoms with Gasteiger partial charge in [-0.05, 0) is 17.8 Å². The van der Waals surface area contributed by atoms with Gasteiger partial charge in [0.2, 0.25) is 0 Å². The van der Waals surface area contributed by atoms with Crippen molar-refractivity contribution >= 4 is 11.6 Å². The van der Waals surface area contributed by atoms with Gasteiger partial charge in [-0.2, -0.15) is 0 Å². The zero-order valence-electron chi connectivity index (χ0n) is 12.5. The number of aromatic nitrogens is 2. The number of nitrogens with zero attached hydrogens (tertiary/aromatic N) is 2. The lowest BCUT2D eigenvalue weighted by Crippen LogP contribution is -2.36. The Balaban J connectivity index is 2.66. The first kappa shape index (κ1) is 14.7. The first-order chi connectivity index (χ1) is 8.26. The van der Waals surface area contributed by atoms with E-state index in [-0.39, 0.29) is 10.8 Å². The van der Waals surface area contributed by atoms with Crippen molar-refractivity contribution in [1.82, 2.24) is 9.97 Å². The Bertz CT molecular complexity index is 380. The monoisotopic (exact) mass is 250 g/mol. The molecule has 1 aromatic heterocycles. The highest BCUT2D eigenvalue weighted by atomic mass is 15.1. The number of hydrogen-bond acceptors (Lipinski definition) is 4. The summed E-state index contributed by atoms with van der Waals surface area (Å²) in [5, 5.41) is 6.58. The molecule has 0 saturated heterocycles. The first-order valence-electron chi connectivity index (χ1n) is 6.56. The van der Waals surface area contributed by atoms with Gasteiger partial charge in [-0.15, -0.1) is 0 Å². The van der Waals surface area contributed by atoms with Crippen LogP contribution in [0, 0.1) is 10.8 Å². The summed E-state index contributed by atoms with van der Waals surface area (Å²) in [7, 11) is 0. The van der Waals surface area contributed by atoms with E-state index in [9.17, 15) is 0 Å². The summed E-state index contributed by atoms with van der Waals surface area (Å²) < 4.78 is 0. The molecule has 0 unspecified atom stereocenters. The van der Waals surface area contributed by atoms with E-state index in [1.807, 2.05) is 6.07 Å². The van der Waals surface area contributed by atoms with Crippen molar-refractivity contribution in [1.29, 1.82) is 0 Å². The van der Waals surface area contributed by atoms with E-state index in [4.69, 9.17) is 0 Å². The third-order valence-corrected chi connectivity index (χ3v) is 3.77. The molecule has 0 spiro atoms. The fourth-order valence-electron chi connectivity index (χ4n) is 1.31. The molecule has 0 amide bonds. The van der Waals surface area contributed by atoms with Crippen LogP contribution < -0.4 is 10.6 Å². The maximum Gasteiger partial charge on any atom is 0.131 e. The van der Waals surface area contributed by atoms with E-state index in [1.54, 1.807) is 6.33 Å². The predicted octanol–water partition coefficient (Wildman–Crippen LogP) is 3.39. The largest absolute Gasteiger partial charge is 0.370 e. The van der Waals surface area contributed by atoms with Gasteiger partial charge in [0.1, 0.15) is 18.0 Å². The van der Waals surface area contributed by atoms with Crippen LogP contribution in [0.3, 0.4) is 0 Å². The number of rotatable bonds is 5. The highest BCUT2D eigenvalue weighted by molar-refractivity contribution is 5.46. The van der Waals surface area contributed by atoms with Gasteiger partial charge in [-0.25, -0.2) is 9.97 Å². The molecule has 0 aliphatic carbocycles. The molecular formula is C14H26N4. The third-order valence-electron chi connectivity index (χ3n) is 3.77. The molecule has 0 fully saturated rings. The van der Waals surface area contributed by atoms with E-state index in [2.05, 4.69) is 62.1 Å². The summed E-state index contributed by atoms with van der Waals surface area (Å²) in [6, 6.07) is 1.95. The maximum atomic E-state index is 4.24. The molecule has 0 radical (unpaired) electrons. The van der Waals surface area contributed by atoms with Crippen LogP contribution in [0.25, 0.3) is 0 Å². The topological polar surface area (TPSA) is 49.8 Å². The molecule has 1 aromatic rings. The third kappa shape index (κ3) is 3.86. The zero-order chi connectivity index (χ0) is 13.8. The maximum absolute atomic E-state index is 4.24. The van der Waals surface area contributed by atoms with E-state index in [0.717, 1.165) is 24.7 Å². The first-order valence-corrected chi connectivity index (χ1v) is 6.56. The Hall–Kier alpha value is -1.32. The quantitative estimate of drug-likeness (QED) is 0.841. The fraction of sp³-hybridized carbons (Fsp3) is 0.714. The van der Waals surface area contributed by atoms with Gasteiger partial charge in [0.15, 0.2) is 0 Å². The van der Waals surface area contributed by atoms with Gasteiger partial charge in [0.05, 0.1) is 0 Å². The summed E-state index contributed by atoms with van der Waals surface area (Å²) in [6.45, 7) is 15.1. The Morgan fingerprint density at radius 3 is 2.06 bits per heavy atom. The Morgan fingerprint density at radius 2 is 1.56 bits per heavy atom. The van der Waals surface area contributed by atoms with Crippen molar-refractivity contribution < 1.29 is 0 Å². The molecule has 0 aromatic carbocycles. The van der Waals surface area contributed by atoms with Gasteiger partial charge < -0.3 is 10.6 Å². The Kier molecular flexibility index (Phi) is 4.54. The molecule has 0 atom stereocenters. The lowest BCUT2D eigenvalue weighted by molar-refractivity contribution is 0.148. The molecule has 2 N–H and O–H groups in total. The predicted molar refractivity (Wildman–Crippen MR) is 77.9 cm³/mol. The minimum absolute atomic E-state index is 0.191. The second-order valence-electron chi connectivity index (χ2n) is 6.31. The fourth-order valence-corrected chi connectivity index (χ4v) is 1.31. The summed E-state index contributed by atoms with van der Waals surface area (Å²) in [6.07, 6.45) is 1.59. The number of anilines is 2. The molecule has 4 heteroatoms. The van der Waals surface area contributed by atoms with Crippen LogP contribution in [-0.2, 0) is 0 Å². The van der Waals surface area contributed by atoms with Crippen LogP contribution >= 0.6 is 0 Å². The Morgan fingerprint density at radius 1 is 1.00 bits per heavy atom. The van der Waals surface area contributed by atoms with Crippen LogP contribution in [0.1, 0.15) is 41.5 Å². The average Bonchev–Trinajstić information content (AvgIpc) is 2.26. The molecule has 1 heterocycles. The van der Waals surface area contributed by atoms with Crippen molar-refractivity contribution in [3.05, 3.63) is 12.4 Å². The summed E-state index contributed by atoms with van der Waals surface area (Å²) in [5.41, 5.74) is 0.438. The zero-order valence-corrected chi connectivity index (χ0v) is 12.5. The molecule has 0 saturated carbocycles. The lowest BCUT2D eigenvalue weighted by Gasteiger charge is -2.39. The van der Waals surface area contributed by atoms with Crippen LogP contribution in [0.5, 0.6) is 0 Å². The summed E-state index contributed by atoms with van der Waals surface area (Å²) >= 11 is 0. The van der Waals surface area contributed by atoms with Crippen molar-refractivity contribution in [3.63, 3.8) is 0 Å². The highest BCUT2D eigenvalue weighted by Gasteiger charge is 2.32. The van der Waals surface area contributed by atoms with Crippen LogP contribution in [-0.4, -0.2) is 23.1 Å². The van der Waals surface area contributed by atoms with Crippen molar-refractivity contribution in [2.75, 3.05) is 23.7 Å². The van der Waals surface area contributed by atoms with Crippen LogP contribution in [0.15, 0.2) is 12.4 Å². The molecule has 1 rings (SSSR count). The lowest BCUT2D eigenvalue weighted by atomic mass is 9.69. The van der Waals surface area contributed by atoms with Gasteiger partial charge in [-0.3, -0.25) is 0 Å². The Labute approximate surface area is 111 Å². The van der Waals surface area contributed by atoms with Crippen LogP contribution in [0.4, 0.5) is 11.6 Å².